The number of amides is 2. The number of nitrogens with zero attached hydrogens (tertiary/aromatic N) is 1. The van der Waals surface area contributed by atoms with E-state index in [1.165, 1.54) is 4.90 Å². The molecule has 19 heavy (non-hydrogen) atoms. The van der Waals surface area contributed by atoms with Gasteiger partial charge in [0.15, 0.2) is 0 Å². The average Bonchev–Trinajstić information content (AvgIpc) is 2.72. The molecule has 1 heterocycles. The van der Waals surface area contributed by atoms with Crippen molar-refractivity contribution < 1.29 is 19.5 Å². The largest absolute Gasteiger partial charge is 0.480 e. The molecule has 1 rings (SSSR count). The van der Waals surface area contributed by atoms with Gasteiger partial charge in [-0.25, -0.2) is 4.79 Å². The lowest BCUT2D eigenvalue weighted by atomic mass is 9.92. The van der Waals surface area contributed by atoms with Gasteiger partial charge in [-0.2, -0.15) is 0 Å². The van der Waals surface area contributed by atoms with E-state index >= 15 is 0 Å². The third-order valence-electron chi connectivity index (χ3n) is 2.99. The lowest BCUT2D eigenvalue weighted by Gasteiger charge is -2.22. The Bertz CT molecular complexity index is 373. The molecule has 1 aliphatic heterocycles. The highest BCUT2D eigenvalue weighted by atomic mass is 16.4. The summed E-state index contributed by atoms with van der Waals surface area (Å²) in [7, 11) is 0. The van der Waals surface area contributed by atoms with Gasteiger partial charge in [-0.15, -0.1) is 0 Å². The highest BCUT2D eigenvalue weighted by molar-refractivity contribution is 5.88. The fourth-order valence-electron chi connectivity index (χ4n) is 2.14. The maximum Gasteiger partial charge on any atom is 0.326 e. The first kappa shape index (κ1) is 15.5. The Balaban J connectivity index is 2.43. The Hall–Kier alpha value is -1.59. The zero-order valence-electron chi connectivity index (χ0n) is 11.7. The van der Waals surface area contributed by atoms with Gasteiger partial charge in [-0.3, -0.25) is 9.59 Å². The van der Waals surface area contributed by atoms with Crippen LogP contribution in [0.2, 0.25) is 0 Å². The Morgan fingerprint density at radius 3 is 2.47 bits per heavy atom. The first-order chi connectivity index (χ1) is 8.70. The van der Waals surface area contributed by atoms with Crippen LogP contribution < -0.4 is 5.32 Å². The quantitative estimate of drug-likeness (QED) is 0.783. The van der Waals surface area contributed by atoms with Gasteiger partial charge >= 0.3 is 5.97 Å². The van der Waals surface area contributed by atoms with Crippen LogP contribution in [0.5, 0.6) is 0 Å². The van der Waals surface area contributed by atoms with E-state index in [1.807, 2.05) is 20.8 Å². The molecular weight excluding hydrogens is 248 g/mol. The van der Waals surface area contributed by atoms with Gasteiger partial charge in [0.05, 0.1) is 6.54 Å². The standard InChI is InChI=1S/C13H22N2O4/c1-13(2,3)7-10(16)14-8-11(17)15-6-4-5-9(15)12(18)19/h9H,4-8H2,1-3H3,(H,14,16)(H,18,19)/t9-/m0/s1. The van der Waals surface area contributed by atoms with E-state index in [2.05, 4.69) is 5.32 Å². The van der Waals surface area contributed by atoms with Crippen LogP contribution in [0.15, 0.2) is 0 Å². The number of hydrogen-bond acceptors (Lipinski definition) is 3. The number of rotatable bonds is 4. The summed E-state index contributed by atoms with van der Waals surface area (Å²) in [6, 6.07) is -0.744. The highest BCUT2D eigenvalue weighted by Crippen LogP contribution is 2.18. The molecule has 0 aromatic rings. The average molecular weight is 270 g/mol. The van der Waals surface area contributed by atoms with Crippen molar-refractivity contribution in [3.8, 4) is 0 Å². The van der Waals surface area contributed by atoms with Gasteiger partial charge in [-0.1, -0.05) is 20.8 Å². The normalized spacial score (nSPS) is 19.3. The van der Waals surface area contributed by atoms with Crippen LogP contribution in [0.3, 0.4) is 0 Å². The van der Waals surface area contributed by atoms with Gasteiger partial charge in [0.2, 0.25) is 11.8 Å². The summed E-state index contributed by atoms with van der Waals surface area (Å²) < 4.78 is 0. The van der Waals surface area contributed by atoms with Crippen molar-refractivity contribution in [1.82, 2.24) is 10.2 Å². The van der Waals surface area contributed by atoms with Crippen LogP contribution in [-0.4, -0.2) is 46.9 Å². The van der Waals surface area contributed by atoms with Crippen LogP contribution in [0.4, 0.5) is 0 Å². The second kappa shape index (κ2) is 6.04. The number of carboxylic acid groups (broad SMARTS) is 1. The number of carbonyl (C=O) groups is 3. The lowest BCUT2D eigenvalue weighted by molar-refractivity contribution is -0.148. The minimum Gasteiger partial charge on any atom is -0.480 e. The minimum absolute atomic E-state index is 0.126. The molecule has 1 fully saturated rings. The highest BCUT2D eigenvalue weighted by Gasteiger charge is 2.33. The van der Waals surface area contributed by atoms with E-state index in [9.17, 15) is 14.4 Å². The van der Waals surface area contributed by atoms with Crippen molar-refractivity contribution in [3.63, 3.8) is 0 Å². The Kier molecular flexibility index (Phi) is 4.91. The number of carbonyl (C=O) groups excluding carboxylic acids is 2. The monoisotopic (exact) mass is 270 g/mol. The van der Waals surface area contributed by atoms with Crippen molar-refractivity contribution in [2.45, 2.75) is 46.1 Å². The molecule has 1 aliphatic rings. The van der Waals surface area contributed by atoms with E-state index < -0.39 is 12.0 Å². The fraction of sp³-hybridized carbons (Fsp3) is 0.769. The van der Waals surface area contributed by atoms with Crippen LogP contribution in [0, 0.1) is 5.41 Å². The van der Waals surface area contributed by atoms with Gasteiger partial charge in [0, 0.05) is 13.0 Å². The zero-order chi connectivity index (χ0) is 14.6. The molecule has 6 heteroatoms. The van der Waals surface area contributed by atoms with Gasteiger partial charge in [0.25, 0.3) is 0 Å². The van der Waals surface area contributed by atoms with Gasteiger partial charge < -0.3 is 15.3 Å². The summed E-state index contributed by atoms with van der Waals surface area (Å²) in [6.07, 6.45) is 1.51. The molecule has 1 atom stereocenters. The second-order valence-corrected chi connectivity index (χ2v) is 6.10. The number of likely N-dealkylation sites (tertiary alicyclic amines) is 1. The smallest absolute Gasteiger partial charge is 0.326 e. The van der Waals surface area contributed by atoms with Crippen LogP contribution in [0.25, 0.3) is 0 Å². The molecule has 0 aliphatic carbocycles. The number of nitrogens with one attached hydrogen (secondary N) is 1. The van der Waals surface area contributed by atoms with Crippen LogP contribution in [-0.2, 0) is 14.4 Å². The number of hydrogen-bond donors (Lipinski definition) is 2. The Labute approximate surface area is 113 Å². The predicted octanol–water partition coefficient (Wildman–Crippen LogP) is 0.614. The van der Waals surface area contributed by atoms with Crippen LogP contribution >= 0.6 is 0 Å². The molecule has 1 saturated heterocycles. The van der Waals surface area contributed by atoms with Crippen molar-refractivity contribution in [1.29, 1.82) is 0 Å². The lowest BCUT2D eigenvalue weighted by Crippen LogP contribution is -2.45. The van der Waals surface area contributed by atoms with E-state index in [0.29, 0.717) is 25.8 Å². The summed E-state index contributed by atoms with van der Waals surface area (Å²) in [5.41, 5.74) is -0.135. The fourth-order valence-corrected chi connectivity index (χ4v) is 2.14. The molecule has 6 nitrogen and oxygen atoms in total. The summed E-state index contributed by atoms with van der Waals surface area (Å²) in [6.45, 7) is 6.14. The van der Waals surface area contributed by atoms with Gasteiger partial charge in [-0.05, 0) is 18.3 Å². The molecule has 108 valence electrons. The second-order valence-electron chi connectivity index (χ2n) is 6.10. The molecule has 0 aromatic heterocycles. The van der Waals surface area contributed by atoms with Crippen molar-refractivity contribution in [3.05, 3.63) is 0 Å². The topological polar surface area (TPSA) is 86.7 Å². The van der Waals surface area contributed by atoms with Gasteiger partial charge in [0.1, 0.15) is 6.04 Å². The molecule has 0 unspecified atom stereocenters. The van der Waals surface area contributed by atoms with Crippen molar-refractivity contribution in [2.24, 2.45) is 5.41 Å². The van der Waals surface area contributed by atoms with E-state index in [-0.39, 0.29) is 23.8 Å². The number of carboxylic acids is 1. The van der Waals surface area contributed by atoms with E-state index in [0.717, 1.165) is 0 Å². The Morgan fingerprint density at radius 2 is 1.95 bits per heavy atom. The predicted molar refractivity (Wildman–Crippen MR) is 69.5 cm³/mol. The molecule has 0 saturated carbocycles. The third kappa shape index (κ3) is 4.89. The number of aliphatic carboxylic acids is 1. The first-order valence-electron chi connectivity index (χ1n) is 6.50. The summed E-state index contributed by atoms with van der Waals surface area (Å²) in [4.78, 5) is 35.8. The molecule has 2 amide bonds. The maximum atomic E-state index is 11.9. The molecule has 0 spiro atoms. The maximum absolute atomic E-state index is 11.9. The van der Waals surface area contributed by atoms with E-state index in [4.69, 9.17) is 5.11 Å². The zero-order valence-corrected chi connectivity index (χ0v) is 11.7. The van der Waals surface area contributed by atoms with E-state index in [1.54, 1.807) is 0 Å². The van der Waals surface area contributed by atoms with Crippen molar-refractivity contribution >= 4 is 17.8 Å². The molecule has 0 radical (unpaired) electrons. The minimum atomic E-state index is -0.980. The summed E-state index contributed by atoms with van der Waals surface area (Å²) in [5.74, 6) is -1.49. The Morgan fingerprint density at radius 1 is 1.32 bits per heavy atom. The summed E-state index contributed by atoms with van der Waals surface area (Å²) >= 11 is 0. The van der Waals surface area contributed by atoms with Crippen molar-refractivity contribution in [2.75, 3.05) is 13.1 Å². The molecule has 0 bridgehead atoms. The first-order valence-corrected chi connectivity index (χ1v) is 6.50. The molecule has 2 N–H and O–H groups in total. The molecular formula is C13H22N2O4. The SMILES string of the molecule is CC(C)(C)CC(=O)NCC(=O)N1CCC[C@H]1C(=O)O. The molecule has 0 aromatic carbocycles. The third-order valence-corrected chi connectivity index (χ3v) is 2.99. The summed E-state index contributed by atoms with van der Waals surface area (Å²) in [5, 5.41) is 11.5. The van der Waals surface area contributed by atoms with Crippen LogP contribution in [0.1, 0.15) is 40.0 Å².